The molecule has 0 saturated carbocycles. The van der Waals surface area contributed by atoms with Crippen LogP contribution >= 0.6 is 0 Å². The Kier molecular flexibility index (Phi) is 6.74. The Morgan fingerprint density at radius 3 is 2.79 bits per heavy atom. The molecule has 7 heteroatoms. The third-order valence-electron chi connectivity index (χ3n) is 3.48. The smallest absolute Gasteiger partial charge is 0.235 e. The van der Waals surface area contributed by atoms with Gasteiger partial charge in [0.15, 0.2) is 0 Å². The highest BCUT2D eigenvalue weighted by atomic mass is 32.2. The second kappa shape index (κ2) is 7.81. The van der Waals surface area contributed by atoms with E-state index in [1.54, 1.807) is 6.92 Å². The topological polar surface area (TPSA) is 78.5 Å². The zero-order valence-electron chi connectivity index (χ0n) is 11.8. The number of sulfonamides is 1. The fourth-order valence-electron chi connectivity index (χ4n) is 2.16. The molecule has 1 aliphatic rings. The van der Waals surface area contributed by atoms with E-state index in [0.717, 1.165) is 23.8 Å². The van der Waals surface area contributed by atoms with E-state index in [9.17, 15) is 13.2 Å². The van der Waals surface area contributed by atoms with Crippen molar-refractivity contribution in [3.63, 3.8) is 0 Å². The Balaban J connectivity index is 2.20. The van der Waals surface area contributed by atoms with Crippen LogP contribution in [0.2, 0.25) is 0 Å². The molecule has 1 amide bonds. The Labute approximate surface area is 116 Å². The summed E-state index contributed by atoms with van der Waals surface area (Å²) in [5, 5.41) is 6.12. The summed E-state index contributed by atoms with van der Waals surface area (Å²) in [5.74, 6) is 0.402. The van der Waals surface area contributed by atoms with E-state index in [1.807, 2.05) is 0 Å². The summed E-state index contributed by atoms with van der Waals surface area (Å²) in [6, 6.07) is 0. The van der Waals surface area contributed by atoms with E-state index < -0.39 is 10.0 Å². The first-order chi connectivity index (χ1) is 8.95. The summed E-state index contributed by atoms with van der Waals surface area (Å²) in [4.78, 5) is 11.6. The highest BCUT2D eigenvalue weighted by Gasteiger charge is 2.18. The van der Waals surface area contributed by atoms with Crippen molar-refractivity contribution in [2.75, 3.05) is 39.0 Å². The van der Waals surface area contributed by atoms with Crippen LogP contribution in [0.3, 0.4) is 0 Å². The summed E-state index contributed by atoms with van der Waals surface area (Å²) in [5.41, 5.74) is 0. The van der Waals surface area contributed by atoms with Crippen LogP contribution in [0.4, 0.5) is 0 Å². The molecule has 1 saturated heterocycles. The largest absolute Gasteiger partial charge is 0.355 e. The average Bonchev–Trinajstić information content (AvgIpc) is 2.39. The van der Waals surface area contributed by atoms with E-state index >= 15 is 0 Å². The van der Waals surface area contributed by atoms with Crippen molar-refractivity contribution in [1.29, 1.82) is 0 Å². The Morgan fingerprint density at radius 2 is 2.21 bits per heavy atom. The lowest BCUT2D eigenvalue weighted by molar-refractivity contribution is -0.121. The van der Waals surface area contributed by atoms with Crippen LogP contribution in [0, 0.1) is 5.92 Å². The molecule has 19 heavy (non-hydrogen) atoms. The summed E-state index contributed by atoms with van der Waals surface area (Å²) in [6.07, 6.45) is 3.34. The summed E-state index contributed by atoms with van der Waals surface area (Å²) in [6.45, 7) is 4.19. The lowest BCUT2D eigenvalue weighted by Crippen LogP contribution is -2.40. The van der Waals surface area contributed by atoms with Gasteiger partial charge in [-0.3, -0.25) is 4.79 Å². The Bertz CT molecular complexity index is 378. The van der Waals surface area contributed by atoms with Gasteiger partial charge in [-0.05, 0) is 45.2 Å². The van der Waals surface area contributed by atoms with Crippen molar-refractivity contribution in [3.8, 4) is 0 Å². The monoisotopic (exact) mass is 291 g/mol. The lowest BCUT2D eigenvalue weighted by Gasteiger charge is -2.22. The molecular formula is C12H25N3O3S. The molecule has 112 valence electrons. The van der Waals surface area contributed by atoms with Crippen LogP contribution in [0.1, 0.15) is 26.2 Å². The maximum atomic E-state index is 11.6. The first-order valence-corrected chi connectivity index (χ1v) is 8.48. The van der Waals surface area contributed by atoms with Gasteiger partial charge in [-0.25, -0.2) is 8.42 Å². The second-order valence-corrected chi connectivity index (χ2v) is 7.37. The molecule has 1 fully saturated rings. The molecule has 0 bridgehead atoms. The van der Waals surface area contributed by atoms with Crippen molar-refractivity contribution in [1.82, 2.24) is 14.9 Å². The van der Waals surface area contributed by atoms with E-state index in [2.05, 4.69) is 10.6 Å². The van der Waals surface area contributed by atoms with E-state index in [-0.39, 0.29) is 18.2 Å². The summed E-state index contributed by atoms with van der Waals surface area (Å²) >= 11 is 0. The number of likely N-dealkylation sites (N-methyl/N-ethyl adjacent to an activating group) is 1. The molecule has 0 radical (unpaired) electrons. The zero-order valence-corrected chi connectivity index (χ0v) is 12.6. The molecule has 2 N–H and O–H groups in total. The number of rotatable bonds is 7. The molecule has 6 nitrogen and oxygen atoms in total. The highest BCUT2D eigenvalue weighted by molar-refractivity contribution is 7.89. The number of nitrogens with zero attached hydrogens (tertiary/aromatic N) is 1. The van der Waals surface area contributed by atoms with Crippen LogP contribution in [-0.2, 0) is 14.8 Å². The van der Waals surface area contributed by atoms with Gasteiger partial charge in [0.25, 0.3) is 0 Å². The van der Waals surface area contributed by atoms with Gasteiger partial charge in [0.2, 0.25) is 15.9 Å². The van der Waals surface area contributed by atoms with Gasteiger partial charge in [-0.1, -0.05) is 0 Å². The van der Waals surface area contributed by atoms with Crippen LogP contribution in [0.5, 0.6) is 0 Å². The molecular weight excluding hydrogens is 266 g/mol. The van der Waals surface area contributed by atoms with Crippen LogP contribution in [0.25, 0.3) is 0 Å². The van der Waals surface area contributed by atoms with Gasteiger partial charge in [-0.15, -0.1) is 0 Å². The SMILES string of the molecule is CCS(=O)(=O)N(C)CC(=O)NCCC1CCCNC1. The van der Waals surface area contributed by atoms with Crippen molar-refractivity contribution in [2.24, 2.45) is 5.92 Å². The molecule has 1 unspecified atom stereocenters. The lowest BCUT2D eigenvalue weighted by atomic mass is 9.96. The van der Waals surface area contributed by atoms with Gasteiger partial charge in [0, 0.05) is 13.6 Å². The Morgan fingerprint density at radius 1 is 1.47 bits per heavy atom. The predicted octanol–water partition coefficient (Wildman–Crippen LogP) is -0.226. The van der Waals surface area contributed by atoms with Crippen molar-refractivity contribution in [3.05, 3.63) is 0 Å². The molecule has 0 aromatic rings. The standard InChI is InChI=1S/C12H25N3O3S/c1-3-19(17,18)15(2)10-12(16)14-8-6-11-5-4-7-13-9-11/h11,13H,3-10H2,1-2H3,(H,14,16). The molecule has 0 aromatic carbocycles. The number of carbonyl (C=O) groups is 1. The molecule has 1 aliphatic heterocycles. The maximum Gasteiger partial charge on any atom is 0.235 e. The number of hydrogen-bond donors (Lipinski definition) is 2. The van der Waals surface area contributed by atoms with Crippen LogP contribution in [0.15, 0.2) is 0 Å². The normalized spacial score (nSPS) is 20.5. The first-order valence-electron chi connectivity index (χ1n) is 6.87. The zero-order chi connectivity index (χ0) is 14.3. The third kappa shape index (κ3) is 5.88. The molecule has 0 aliphatic carbocycles. The molecule has 1 rings (SSSR count). The minimum Gasteiger partial charge on any atom is -0.355 e. The van der Waals surface area contributed by atoms with Crippen LogP contribution in [-0.4, -0.2) is 57.6 Å². The fraction of sp³-hybridized carbons (Fsp3) is 0.917. The minimum absolute atomic E-state index is 0.0184. The number of amides is 1. The van der Waals surface area contributed by atoms with Crippen LogP contribution < -0.4 is 10.6 Å². The molecule has 0 spiro atoms. The van der Waals surface area contributed by atoms with E-state index in [1.165, 1.54) is 19.9 Å². The van der Waals surface area contributed by atoms with Gasteiger partial charge in [0.1, 0.15) is 0 Å². The molecule has 1 atom stereocenters. The molecule has 0 aromatic heterocycles. The van der Waals surface area contributed by atoms with E-state index in [0.29, 0.717) is 12.5 Å². The Hall–Kier alpha value is -0.660. The van der Waals surface area contributed by atoms with Gasteiger partial charge >= 0.3 is 0 Å². The van der Waals surface area contributed by atoms with Crippen molar-refractivity contribution < 1.29 is 13.2 Å². The van der Waals surface area contributed by atoms with Gasteiger partial charge in [0.05, 0.1) is 12.3 Å². The van der Waals surface area contributed by atoms with Crippen molar-refractivity contribution >= 4 is 15.9 Å². The fourth-order valence-corrected chi connectivity index (χ4v) is 2.92. The highest BCUT2D eigenvalue weighted by Crippen LogP contribution is 2.12. The first kappa shape index (κ1) is 16.4. The maximum absolute atomic E-state index is 11.6. The second-order valence-electron chi connectivity index (χ2n) is 5.01. The van der Waals surface area contributed by atoms with Gasteiger partial charge < -0.3 is 10.6 Å². The summed E-state index contributed by atoms with van der Waals surface area (Å²) in [7, 11) is -1.84. The number of nitrogens with one attached hydrogen (secondary N) is 2. The average molecular weight is 291 g/mol. The van der Waals surface area contributed by atoms with Gasteiger partial charge in [-0.2, -0.15) is 4.31 Å². The quantitative estimate of drug-likeness (QED) is 0.679. The number of hydrogen-bond acceptors (Lipinski definition) is 4. The molecule has 1 heterocycles. The van der Waals surface area contributed by atoms with Crippen molar-refractivity contribution in [2.45, 2.75) is 26.2 Å². The summed E-state index contributed by atoms with van der Waals surface area (Å²) < 4.78 is 24.1. The minimum atomic E-state index is -3.28. The predicted molar refractivity (Wildman–Crippen MR) is 75.3 cm³/mol. The van der Waals surface area contributed by atoms with E-state index in [4.69, 9.17) is 0 Å². The number of carbonyl (C=O) groups excluding carboxylic acids is 1. The third-order valence-corrected chi connectivity index (χ3v) is 5.29. The number of piperidine rings is 1.